The summed E-state index contributed by atoms with van der Waals surface area (Å²) in [4.78, 5) is 27.2. The lowest BCUT2D eigenvalue weighted by atomic mass is 9.91. The van der Waals surface area contributed by atoms with Crippen LogP contribution in [-0.2, 0) is 11.8 Å². The number of aliphatic hydroxyl groups is 1. The highest BCUT2D eigenvalue weighted by atomic mass is 19.4. The number of aryl methyl sites for hydroxylation is 1. The second-order valence-electron chi connectivity index (χ2n) is 6.97. The van der Waals surface area contributed by atoms with E-state index in [-0.39, 0.29) is 31.0 Å². The first-order valence-corrected chi connectivity index (χ1v) is 8.20. The van der Waals surface area contributed by atoms with Crippen LogP contribution < -0.4 is 0 Å². The Morgan fingerprint density at radius 2 is 2.00 bits per heavy atom. The molecule has 0 aliphatic carbocycles. The van der Waals surface area contributed by atoms with Crippen LogP contribution in [0.15, 0.2) is 12.4 Å². The van der Waals surface area contributed by atoms with Crippen LogP contribution in [0.4, 0.5) is 13.2 Å². The van der Waals surface area contributed by atoms with Gasteiger partial charge in [0.1, 0.15) is 0 Å². The average molecular weight is 376 g/mol. The highest BCUT2D eigenvalue weighted by Crippen LogP contribution is 2.33. The monoisotopic (exact) mass is 376 g/mol. The molecule has 3 atom stereocenters. The Bertz CT molecular complexity index is 687. The summed E-state index contributed by atoms with van der Waals surface area (Å²) in [7, 11) is 3.32. The van der Waals surface area contributed by atoms with Gasteiger partial charge in [-0.3, -0.25) is 14.3 Å². The summed E-state index contributed by atoms with van der Waals surface area (Å²) in [5.74, 6) is -1.85. The Labute approximate surface area is 149 Å². The highest BCUT2D eigenvalue weighted by Gasteiger charge is 2.57. The number of hydrogen-bond donors (Lipinski definition) is 1. The van der Waals surface area contributed by atoms with E-state index in [0.717, 1.165) is 4.90 Å². The predicted molar refractivity (Wildman–Crippen MR) is 86.1 cm³/mol. The number of halogens is 3. The number of carbonyl (C=O) groups is 2. The zero-order valence-electron chi connectivity index (χ0n) is 15.1. The van der Waals surface area contributed by atoms with Gasteiger partial charge in [0.15, 0.2) is 0 Å². The van der Waals surface area contributed by atoms with Gasteiger partial charge in [-0.2, -0.15) is 18.3 Å². The third kappa shape index (κ3) is 3.69. The number of carbonyl (C=O) groups excluding carboxylic acids is 2. The smallest absolute Gasteiger partial charge is 0.373 e. The normalized spacial score (nSPS) is 23.5. The van der Waals surface area contributed by atoms with Gasteiger partial charge in [-0.15, -0.1) is 0 Å². The lowest BCUT2D eigenvalue weighted by molar-refractivity contribution is -0.251. The van der Waals surface area contributed by atoms with Gasteiger partial charge in [-0.1, -0.05) is 6.92 Å². The molecule has 2 rings (SSSR count). The summed E-state index contributed by atoms with van der Waals surface area (Å²) in [6.07, 6.45) is -1.69. The van der Waals surface area contributed by atoms with E-state index >= 15 is 0 Å². The fourth-order valence-corrected chi connectivity index (χ4v) is 3.21. The first-order chi connectivity index (χ1) is 11.9. The number of nitrogens with zero attached hydrogens (tertiary/aromatic N) is 4. The molecule has 1 N–H and O–H groups in total. The topological polar surface area (TPSA) is 78.7 Å². The lowest BCUT2D eigenvalue weighted by Gasteiger charge is -2.43. The van der Waals surface area contributed by atoms with Crippen LogP contribution in [0.1, 0.15) is 30.6 Å². The minimum absolute atomic E-state index is 0.0282. The second kappa shape index (κ2) is 6.90. The maximum atomic E-state index is 12.9. The van der Waals surface area contributed by atoms with Crippen molar-refractivity contribution in [3.63, 3.8) is 0 Å². The van der Waals surface area contributed by atoms with E-state index in [9.17, 15) is 27.9 Å². The zero-order valence-corrected chi connectivity index (χ0v) is 15.1. The number of amides is 2. The maximum absolute atomic E-state index is 12.9. The third-order valence-corrected chi connectivity index (χ3v) is 4.89. The van der Waals surface area contributed by atoms with Crippen LogP contribution in [0.2, 0.25) is 0 Å². The summed E-state index contributed by atoms with van der Waals surface area (Å²) in [5, 5.41) is 13.5. The molecule has 26 heavy (non-hydrogen) atoms. The molecule has 0 radical (unpaired) electrons. The Balaban J connectivity index is 2.06. The van der Waals surface area contributed by atoms with E-state index in [0.29, 0.717) is 18.9 Å². The van der Waals surface area contributed by atoms with E-state index in [2.05, 4.69) is 5.10 Å². The predicted octanol–water partition coefficient (Wildman–Crippen LogP) is 1.04. The zero-order chi connectivity index (χ0) is 19.9. The Hall–Kier alpha value is -2.10. The summed E-state index contributed by atoms with van der Waals surface area (Å²) >= 11 is 0. The van der Waals surface area contributed by atoms with Crippen LogP contribution in [0.3, 0.4) is 0 Å². The molecule has 0 aromatic carbocycles. The quantitative estimate of drug-likeness (QED) is 0.855. The van der Waals surface area contributed by atoms with Gasteiger partial charge in [0.05, 0.1) is 11.8 Å². The Morgan fingerprint density at radius 1 is 1.38 bits per heavy atom. The van der Waals surface area contributed by atoms with Gasteiger partial charge in [-0.05, 0) is 19.3 Å². The van der Waals surface area contributed by atoms with Crippen molar-refractivity contribution in [3.8, 4) is 0 Å². The van der Waals surface area contributed by atoms with E-state index in [1.807, 2.05) is 0 Å². The van der Waals surface area contributed by atoms with Crippen LogP contribution in [0, 0.1) is 5.92 Å². The molecule has 1 aliphatic rings. The minimum atomic E-state index is -5.04. The molecule has 7 nitrogen and oxygen atoms in total. The number of likely N-dealkylation sites (tertiary alicyclic amines) is 1. The average Bonchev–Trinajstić information content (AvgIpc) is 2.98. The molecule has 146 valence electrons. The SMILES string of the molecule is CC1CN(C(=O)[C@@](C)(O)C(F)(F)F)CCC1N(C)C(=O)c1cnn(C)c1. The third-order valence-electron chi connectivity index (χ3n) is 4.89. The largest absolute Gasteiger partial charge is 0.426 e. The van der Waals surface area contributed by atoms with Gasteiger partial charge >= 0.3 is 6.18 Å². The molecule has 2 heterocycles. The Morgan fingerprint density at radius 3 is 2.46 bits per heavy atom. The van der Waals surface area contributed by atoms with Crippen LogP contribution in [0.25, 0.3) is 0 Å². The van der Waals surface area contributed by atoms with Crippen molar-refractivity contribution in [2.24, 2.45) is 13.0 Å². The van der Waals surface area contributed by atoms with Crippen molar-refractivity contribution in [2.75, 3.05) is 20.1 Å². The van der Waals surface area contributed by atoms with Crippen molar-refractivity contribution in [3.05, 3.63) is 18.0 Å². The van der Waals surface area contributed by atoms with Crippen molar-refractivity contribution in [2.45, 2.75) is 38.1 Å². The van der Waals surface area contributed by atoms with Crippen molar-refractivity contribution in [1.29, 1.82) is 0 Å². The van der Waals surface area contributed by atoms with Gasteiger partial charge in [0, 0.05) is 39.4 Å². The molecule has 1 aromatic heterocycles. The molecule has 1 fully saturated rings. The standard InChI is InChI=1S/C16H23F3N4O3/c1-10-8-23(14(25)15(2,26)16(17,18)19)6-5-12(10)22(4)13(24)11-7-20-21(3)9-11/h7,9-10,12,26H,5-6,8H2,1-4H3/t10?,12?,15-/m1/s1. The molecule has 1 aromatic rings. The number of piperidine rings is 1. The number of alkyl halides is 3. The molecule has 0 spiro atoms. The van der Waals surface area contributed by atoms with Crippen LogP contribution in [-0.4, -0.2) is 74.5 Å². The number of aromatic nitrogens is 2. The van der Waals surface area contributed by atoms with Gasteiger partial charge in [0.25, 0.3) is 11.8 Å². The molecule has 10 heteroatoms. The fraction of sp³-hybridized carbons (Fsp3) is 0.688. The molecule has 1 aliphatic heterocycles. The van der Waals surface area contributed by atoms with E-state index in [1.54, 1.807) is 27.2 Å². The second-order valence-corrected chi connectivity index (χ2v) is 6.97. The first-order valence-electron chi connectivity index (χ1n) is 8.20. The van der Waals surface area contributed by atoms with Gasteiger partial charge in [-0.25, -0.2) is 0 Å². The molecule has 2 amide bonds. The van der Waals surface area contributed by atoms with Gasteiger partial charge < -0.3 is 14.9 Å². The summed E-state index contributed by atoms with van der Waals surface area (Å²) in [6.45, 7) is 2.29. The molecule has 2 unspecified atom stereocenters. The van der Waals surface area contributed by atoms with Crippen LogP contribution >= 0.6 is 0 Å². The van der Waals surface area contributed by atoms with Crippen molar-refractivity contribution in [1.82, 2.24) is 19.6 Å². The number of rotatable bonds is 3. The van der Waals surface area contributed by atoms with E-state index < -0.39 is 17.7 Å². The van der Waals surface area contributed by atoms with Gasteiger partial charge in [0.2, 0.25) is 5.60 Å². The summed E-state index contributed by atoms with van der Waals surface area (Å²) in [6, 6.07) is -0.234. The molecule has 0 saturated carbocycles. The molecular weight excluding hydrogens is 353 g/mol. The van der Waals surface area contributed by atoms with Crippen molar-refractivity contribution >= 4 is 11.8 Å². The van der Waals surface area contributed by atoms with E-state index in [4.69, 9.17) is 0 Å². The molecular formula is C16H23F3N4O3. The maximum Gasteiger partial charge on any atom is 0.426 e. The highest BCUT2D eigenvalue weighted by molar-refractivity contribution is 5.93. The minimum Gasteiger partial charge on any atom is -0.373 e. The first kappa shape index (κ1) is 20.2. The Kier molecular flexibility index (Phi) is 5.36. The van der Waals surface area contributed by atoms with Crippen molar-refractivity contribution < 1.29 is 27.9 Å². The lowest BCUT2D eigenvalue weighted by Crippen LogP contribution is -2.60. The fourth-order valence-electron chi connectivity index (χ4n) is 3.21. The van der Waals surface area contributed by atoms with E-state index in [1.165, 1.54) is 15.8 Å². The molecule has 0 bridgehead atoms. The number of hydrogen-bond acceptors (Lipinski definition) is 4. The summed E-state index contributed by atoms with van der Waals surface area (Å²) < 4.78 is 40.1. The van der Waals surface area contributed by atoms with Crippen LogP contribution in [0.5, 0.6) is 0 Å². The summed E-state index contributed by atoms with van der Waals surface area (Å²) in [5.41, 5.74) is -3.00. The molecule has 1 saturated heterocycles.